The molecular weight excluding hydrogens is 296 g/mol. The maximum Gasteiger partial charge on any atom is 0.337 e. The average Bonchev–Trinajstić information content (AvgIpc) is 2.54. The first-order chi connectivity index (χ1) is 10.9. The Morgan fingerprint density at radius 3 is 2.48 bits per heavy atom. The first-order valence-corrected chi connectivity index (χ1v) is 7.03. The Morgan fingerprint density at radius 1 is 1.09 bits per heavy atom. The van der Waals surface area contributed by atoms with E-state index >= 15 is 0 Å². The fourth-order valence-corrected chi connectivity index (χ4v) is 2.61. The van der Waals surface area contributed by atoms with Crippen molar-refractivity contribution >= 4 is 33.7 Å². The lowest BCUT2D eigenvalue weighted by atomic mass is 10.0. The summed E-state index contributed by atoms with van der Waals surface area (Å²) >= 11 is 0. The third-order valence-corrected chi connectivity index (χ3v) is 3.71. The van der Waals surface area contributed by atoms with E-state index in [1.165, 1.54) is 32.2 Å². The van der Waals surface area contributed by atoms with Crippen LogP contribution in [0.4, 0.5) is 0 Å². The number of aryl methyl sites for hydroxylation is 1. The van der Waals surface area contributed by atoms with Crippen molar-refractivity contribution in [3.8, 4) is 0 Å². The highest BCUT2D eigenvalue weighted by Gasteiger charge is 2.16. The van der Waals surface area contributed by atoms with Gasteiger partial charge in [0.2, 0.25) is 5.43 Å². The van der Waals surface area contributed by atoms with Crippen LogP contribution in [0, 0.1) is 6.92 Å². The number of ketones is 1. The standard InChI is InChI=1S/C18H14O5/c1-9-6-12(10(2)19)17-14(7-9)16(20)13-8-11(18(21)22-3)4-5-15(13)23-17/h4-8H,1-3H3. The Bertz CT molecular complexity index is 1030. The zero-order valence-corrected chi connectivity index (χ0v) is 12.9. The highest BCUT2D eigenvalue weighted by molar-refractivity contribution is 6.07. The van der Waals surface area contributed by atoms with Gasteiger partial charge in [-0.25, -0.2) is 4.79 Å². The highest BCUT2D eigenvalue weighted by atomic mass is 16.5. The van der Waals surface area contributed by atoms with Crippen molar-refractivity contribution in [3.63, 3.8) is 0 Å². The van der Waals surface area contributed by atoms with Crippen LogP contribution >= 0.6 is 0 Å². The van der Waals surface area contributed by atoms with E-state index in [4.69, 9.17) is 4.42 Å². The summed E-state index contributed by atoms with van der Waals surface area (Å²) in [4.78, 5) is 36.2. The van der Waals surface area contributed by atoms with E-state index in [0.29, 0.717) is 16.5 Å². The van der Waals surface area contributed by atoms with E-state index < -0.39 is 5.97 Å². The second kappa shape index (κ2) is 5.35. The fraction of sp³-hybridized carbons (Fsp3) is 0.167. The summed E-state index contributed by atoms with van der Waals surface area (Å²) in [7, 11) is 1.28. The maximum absolute atomic E-state index is 12.8. The summed E-state index contributed by atoms with van der Waals surface area (Å²) in [5, 5.41) is 0.602. The number of hydrogen-bond donors (Lipinski definition) is 0. The number of hydrogen-bond acceptors (Lipinski definition) is 5. The SMILES string of the molecule is COC(=O)c1ccc2oc3c(C(C)=O)cc(C)cc3c(=O)c2c1. The van der Waals surface area contributed by atoms with E-state index in [0.717, 1.165) is 5.56 Å². The summed E-state index contributed by atoms with van der Waals surface area (Å²) in [6.07, 6.45) is 0. The van der Waals surface area contributed by atoms with Crippen LogP contribution < -0.4 is 5.43 Å². The second-order valence-corrected chi connectivity index (χ2v) is 5.38. The van der Waals surface area contributed by atoms with Crippen LogP contribution in [0.3, 0.4) is 0 Å². The first kappa shape index (κ1) is 15.0. The molecule has 5 heteroatoms. The first-order valence-electron chi connectivity index (χ1n) is 7.03. The molecule has 0 bridgehead atoms. The Kier molecular flexibility index (Phi) is 3.48. The summed E-state index contributed by atoms with van der Waals surface area (Å²) in [6.45, 7) is 3.24. The predicted octanol–water partition coefficient (Wildman–Crippen LogP) is 3.24. The van der Waals surface area contributed by atoms with Gasteiger partial charge in [0.1, 0.15) is 11.2 Å². The van der Waals surface area contributed by atoms with Crippen molar-refractivity contribution in [3.05, 3.63) is 57.2 Å². The fourth-order valence-electron chi connectivity index (χ4n) is 2.61. The molecule has 3 rings (SSSR count). The summed E-state index contributed by atoms with van der Waals surface area (Å²) in [6, 6.07) is 7.87. The minimum Gasteiger partial charge on any atom is -0.465 e. The molecule has 0 unspecified atom stereocenters. The third kappa shape index (κ3) is 2.40. The molecule has 0 aliphatic carbocycles. The number of ether oxygens (including phenoxy) is 1. The molecule has 1 heterocycles. The van der Waals surface area contributed by atoms with Crippen molar-refractivity contribution in [1.29, 1.82) is 0 Å². The quantitative estimate of drug-likeness (QED) is 0.413. The van der Waals surface area contributed by atoms with E-state index in [9.17, 15) is 14.4 Å². The van der Waals surface area contributed by atoms with Gasteiger partial charge in [-0.15, -0.1) is 0 Å². The topological polar surface area (TPSA) is 73.6 Å². The molecule has 0 atom stereocenters. The number of methoxy groups -OCH3 is 1. The van der Waals surface area contributed by atoms with Gasteiger partial charge in [0, 0.05) is 0 Å². The molecule has 3 aromatic rings. The van der Waals surface area contributed by atoms with Crippen LogP contribution in [-0.4, -0.2) is 18.9 Å². The third-order valence-electron chi connectivity index (χ3n) is 3.71. The Morgan fingerprint density at radius 2 is 1.83 bits per heavy atom. The normalized spacial score (nSPS) is 10.9. The van der Waals surface area contributed by atoms with Gasteiger partial charge in [-0.05, 0) is 49.7 Å². The Balaban J connectivity index is 2.45. The van der Waals surface area contributed by atoms with Gasteiger partial charge in [-0.2, -0.15) is 0 Å². The van der Waals surface area contributed by atoms with Crippen molar-refractivity contribution < 1.29 is 18.7 Å². The minimum absolute atomic E-state index is 0.174. The molecule has 2 aromatic carbocycles. The van der Waals surface area contributed by atoms with E-state index in [1.54, 1.807) is 19.1 Å². The zero-order chi connectivity index (χ0) is 16.7. The molecule has 0 fully saturated rings. The van der Waals surface area contributed by atoms with E-state index in [1.807, 2.05) is 0 Å². The minimum atomic E-state index is -0.528. The van der Waals surface area contributed by atoms with Crippen molar-refractivity contribution in [2.24, 2.45) is 0 Å². The zero-order valence-electron chi connectivity index (χ0n) is 12.9. The smallest absolute Gasteiger partial charge is 0.337 e. The summed E-state index contributed by atoms with van der Waals surface area (Å²) < 4.78 is 10.4. The lowest BCUT2D eigenvalue weighted by molar-refractivity contribution is 0.0600. The maximum atomic E-state index is 12.8. The molecule has 23 heavy (non-hydrogen) atoms. The number of fused-ring (bicyclic) bond motifs is 2. The van der Waals surface area contributed by atoms with E-state index in [2.05, 4.69) is 4.74 Å². The second-order valence-electron chi connectivity index (χ2n) is 5.38. The average molecular weight is 310 g/mol. The van der Waals surface area contributed by atoms with Crippen LogP contribution in [0.15, 0.2) is 39.5 Å². The van der Waals surface area contributed by atoms with Crippen LogP contribution in [0.2, 0.25) is 0 Å². The molecule has 0 spiro atoms. The molecule has 0 saturated carbocycles. The van der Waals surface area contributed by atoms with Crippen LogP contribution in [0.25, 0.3) is 21.9 Å². The molecule has 0 radical (unpaired) electrons. The largest absolute Gasteiger partial charge is 0.465 e. The van der Waals surface area contributed by atoms with Crippen molar-refractivity contribution in [2.75, 3.05) is 7.11 Å². The summed E-state index contributed by atoms with van der Waals surface area (Å²) in [5.41, 5.74) is 1.74. The van der Waals surface area contributed by atoms with Crippen molar-refractivity contribution in [1.82, 2.24) is 0 Å². The molecule has 1 aromatic heterocycles. The van der Waals surface area contributed by atoms with Crippen LogP contribution in [0.1, 0.15) is 33.2 Å². The molecule has 0 aliphatic heterocycles. The van der Waals surface area contributed by atoms with Gasteiger partial charge < -0.3 is 9.15 Å². The monoisotopic (exact) mass is 310 g/mol. The predicted molar refractivity (Wildman–Crippen MR) is 86.1 cm³/mol. The number of carbonyl (C=O) groups excluding carboxylic acids is 2. The van der Waals surface area contributed by atoms with Gasteiger partial charge in [0.25, 0.3) is 0 Å². The Hall–Kier alpha value is -2.95. The van der Waals surface area contributed by atoms with Crippen LogP contribution in [-0.2, 0) is 4.74 Å². The van der Waals surface area contributed by atoms with E-state index in [-0.39, 0.29) is 27.7 Å². The molecule has 0 aliphatic rings. The Labute approximate surface area is 131 Å². The molecule has 0 saturated heterocycles. The number of Topliss-reactive ketones (excluding diaryl/α,β-unsaturated/α-hetero) is 1. The molecule has 0 N–H and O–H groups in total. The number of carbonyl (C=O) groups is 2. The molecule has 116 valence electrons. The number of esters is 1. The lowest BCUT2D eigenvalue weighted by Crippen LogP contribution is -2.08. The molecule has 5 nitrogen and oxygen atoms in total. The van der Waals surface area contributed by atoms with Crippen molar-refractivity contribution in [2.45, 2.75) is 13.8 Å². The number of rotatable bonds is 2. The van der Waals surface area contributed by atoms with Gasteiger partial charge in [0.15, 0.2) is 5.78 Å². The summed E-state index contributed by atoms with van der Waals surface area (Å²) in [5.74, 6) is -0.701. The molecule has 0 amide bonds. The van der Waals surface area contributed by atoms with Gasteiger partial charge >= 0.3 is 5.97 Å². The molecular formula is C18H14O5. The van der Waals surface area contributed by atoms with Gasteiger partial charge in [-0.1, -0.05) is 0 Å². The van der Waals surface area contributed by atoms with Crippen LogP contribution in [0.5, 0.6) is 0 Å². The lowest BCUT2D eigenvalue weighted by Gasteiger charge is -2.07. The number of benzene rings is 2. The highest BCUT2D eigenvalue weighted by Crippen LogP contribution is 2.24. The van der Waals surface area contributed by atoms with Gasteiger partial charge in [0.05, 0.1) is 29.0 Å². The van der Waals surface area contributed by atoms with Gasteiger partial charge in [-0.3, -0.25) is 9.59 Å².